The summed E-state index contributed by atoms with van der Waals surface area (Å²) in [6, 6.07) is 9.07. The Morgan fingerprint density at radius 1 is 1.16 bits per heavy atom. The highest BCUT2D eigenvalue weighted by molar-refractivity contribution is 7.69. The van der Waals surface area contributed by atoms with Crippen molar-refractivity contribution in [1.82, 2.24) is 14.9 Å². The summed E-state index contributed by atoms with van der Waals surface area (Å²) in [4.78, 5) is 36.3. The second kappa shape index (κ2) is 11.1. The quantitative estimate of drug-likeness (QED) is 0.269. The Hall–Kier alpha value is -3.77. The summed E-state index contributed by atoms with van der Waals surface area (Å²) in [6.07, 6.45) is 1.80. The third-order valence-corrected chi connectivity index (χ3v) is 6.84. The normalized spacial score (nSPS) is 13.2. The minimum absolute atomic E-state index is 0.103. The number of methoxy groups -OCH3 is 1. The van der Waals surface area contributed by atoms with Crippen molar-refractivity contribution in [2.45, 2.75) is 25.3 Å². The lowest BCUT2D eigenvalue weighted by Gasteiger charge is -2.17. The van der Waals surface area contributed by atoms with Gasteiger partial charge in [0, 0.05) is 24.5 Å². The Balaban J connectivity index is 1.73. The molecule has 1 aromatic heterocycles. The number of thiol groups is 1. The van der Waals surface area contributed by atoms with Crippen molar-refractivity contribution in [1.29, 1.82) is 0 Å². The monoisotopic (exact) mass is 531 g/mol. The van der Waals surface area contributed by atoms with Crippen molar-refractivity contribution >= 4 is 39.6 Å². The average molecular weight is 532 g/mol. The Labute approximate surface area is 213 Å². The van der Waals surface area contributed by atoms with Crippen molar-refractivity contribution in [3.63, 3.8) is 0 Å². The second-order valence-electron chi connectivity index (χ2n) is 8.63. The first-order chi connectivity index (χ1) is 17.7. The molecule has 196 valence electrons. The molecule has 1 heterocycles. The highest BCUT2D eigenvalue weighted by atomic mass is 32.2. The van der Waals surface area contributed by atoms with Crippen molar-refractivity contribution in [3.8, 4) is 11.3 Å². The molecule has 2 amide bonds. The van der Waals surface area contributed by atoms with E-state index in [0.717, 1.165) is 22.7 Å². The van der Waals surface area contributed by atoms with Gasteiger partial charge in [-0.3, -0.25) is 14.4 Å². The van der Waals surface area contributed by atoms with Crippen LogP contribution in [0.3, 0.4) is 0 Å². The second-order valence-corrected chi connectivity index (χ2v) is 9.67. The largest absolute Gasteiger partial charge is 0.468 e. The molecule has 2 aromatic carbocycles. The van der Waals surface area contributed by atoms with E-state index < -0.39 is 35.1 Å². The summed E-state index contributed by atoms with van der Waals surface area (Å²) < 4.78 is 49.0. The first-order valence-corrected chi connectivity index (χ1v) is 12.6. The number of rotatable bonds is 10. The molecule has 0 atom stereocenters. The third-order valence-electron chi connectivity index (χ3n) is 6.10. The smallest absolute Gasteiger partial charge is 0.325 e. The van der Waals surface area contributed by atoms with E-state index in [0.29, 0.717) is 27.7 Å². The summed E-state index contributed by atoms with van der Waals surface area (Å²) in [5.74, 6) is -1.67. The maximum Gasteiger partial charge on any atom is 0.325 e. The van der Waals surface area contributed by atoms with Gasteiger partial charge in [0.15, 0.2) is 0 Å². The van der Waals surface area contributed by atoms with E-state index in [-0.39, 0.29) is 30.7 Å². The third kappa shape index (κ3) is 5.97. The molecule has 0 aliphatic heterocycles. The number of carbonyl (C=O) groups is 3. The zero-order chi connectivity index (χ0) is 26.7. The van der Waals surface area contributed by atoms with Crippen LogP contribution in [0, 0.1) is 5.82 Å². The molecule has 4 rings (SSSR count). The highest BCUT2D eigenvalue weighted by Gasteiger charge is 2.30. The lowest BCUT2D eigenvalue weighted by molar-refractivity contribution is -0.141. The number of fused-ring (bicyclic) bond motifs is 1. The van der Waals surface area contributed by atoms with Crippen LogP contribution in [0.15, 0.2) is 40.8 Å². The van der Waals surface area contributed by atoms with Crippen LogP contribution < -0.4 is 10.6 Å². The van der Waals surface area contributed by atoms with Crippen molar-refractivity contribution in [2.75, 3.05) is 27.2 Å². The standard InChI is InChI=1S/C25H26FN3O7S/c1-27-25(32)23-19-10-18(14-3-4-14)16(9-20(19)36-24(23)15-5-7-17(26)8-6-15)12-29(37(33)34)13-21(30)28-11-22(31)35-2/h5-10,14,37H,3-4,11-13H2,1-2H3,(H,27,32)(H,28,30). The number of hydrogen-bond acceptors (Lipinski definition) is 7. The molecule has 0 spiro atoms. The first-order valence-electron chi connectivity index (χ1n) is 11.5. The minimum atomic E-state index is -3.13. The topological polar surface area (TPSA) is 135 Å². The fourth-order valence-electron chi connectivity index (χ4n) is 4.10. The molecule has 10 nitrogen and oxygen atoms in total. The average Bonchev–Trinajstić information content (AvgIpc) is 3.66. The molecule has 12 heteroatoms. The van der Waals surface area contributed by atoms with Crippen LogP contribution in [-0.4, -0.2) is 57.8 Å². The van der Waals surface area contributed by atoms with Gasteiger partial charge in [-0.2, -0.15) is 4.31 Å². The van der Waals surface area contributed by atoms with Gasteiger partial charge in [0.1, 0.15) is 23.7 Å². The van der Waals surface area contributed by atoms with Gasteiger partial charge < -0.3 is 19.8 Å². The molecular formula is C25H26FN3O7S. The molecule has 1 aliphatic carbocycles. The minimum Gasteiger partial charge on any atom is -0.468 e. The van der Waals surface area contributed by atoms with Gasteiger partial charge in [-0.05, 0) is 66.3 Å². The number of amides is 2. The molecule has 0 saturated heterocycles. The van der Waals surface area contributed by atoms with E-state index in [1.165, 1.54) is 38.4 Å². The summed E-state index contributed by atoms with van der Waals surface area (Å²) in [6.45, 7) is -0.965. The molecule has 1 fully saturated rings. The maximum absolute atomic E-state index is 13.5. The van der Waals surface area contributed by atoms with Gasteiger partial charge in [0.05, 0.1) is 19.2 Å². The van der Waals surface area contributed by atoms with Gasteiger partial charge in [0.2, 0.25) is 16.8 Å². The van der Waals surface area contributed by atoms with Gasteiger partial charge in [0.25, 0.3) is 5.91 Å². The van der Waals surface area contributed by atoms with Gasteiger partial charge in [-0.1, -0.05) is 0 Å². The zero-order valence-corrected chi connectivity index (χ0v) is 21.1. The van der Waals surface area contributed by atoms with Crippen LogP contribution in [0.5, 0.6) is 0 Å². The van der Waals surface area contributed by atoms with Crippen LogP contribution >= 0.6 is 0 Å². The SMILES string of the molecule is CNC(=O)c1c(-c2ccc(F)cc2)oc2cc(CN(CC(=O)NCC(=O)OC)[SH](=O)=O)c(C3CC3)cc12. The van der Waals surface area contributed by atoms with Crippen molar-refractivity contribution < 1.29 is 36.3 Å². The number of esters is 1. The number of benzene rings is 2. The van der Waals surface area contributed by atoms with Gasteiger partial charge in [-0.15, -0.1) is 0 Å². The number of furan rings is 1. The number of hydrogen-bond donors (Lipinski definition) is 3. The lowest BCUT2D eigenvalue weighted by atomic mass is 9.97. The predicted octanol–water partition coefficient (Wildman–Crippen LogP) is 2.09. The van der Waals surface area contributed by atoms with Crippen molar-refractivity contribution in [2.24, 2.45) is 0 Å². The van der Waals surface area contributed by atoms with E-state index in [1.54, 1.807) is 6.07 Å². The number of halogens is 1. The van der Waals surface area contributed by atoms with Crippen LogP contribution in [0.25, 0.3) is 22.3 Å². The van der Waals surface area contributed by atoms with E-state index in [4.69, 9.17) is 4.42 Å². The van der Waals surface area contributed by atoms with Crippen LogP contribution in [-0.2, 0) is 31.8 Å². The summed E-state index contributed by atoms with van der Waals surface area (Å²) >= 11 is 0. The lowest BCUT2D eigenvalue weighted by Crippen LogP contribution is -2.38. The van der Waals surface area contributed by atoms with E-state index in [2.05, 4.69) is 15.4 Å². The number of ether oxygens (including phenoxy) is 1. The van der Waals surface area contributed by atoms with E-state index >= 15 is 0 Å². The molecule has 1 aliphatic rings. The molecule has 2 N–H and O–H groups in total. The summed E-state index contributed by atoms with van der Waals surface area (Å²) in [7, 11) is -0.455. The number of carbonyl (C=O) groups excluding carboxylic acids is 3. The molecular weight excluding hydrogens is 505 g/mol. The molecule has 3 aromatic rings. The molecule has 37 heavy (non-hydrogen) atoms. The molecule has 1 saturated carbocycles. The van der Waals surface area contributed by atoms with Crippen LogP contribution in [0.2, 0.25) is 0 Å². The van der Waals surface area contributed by atoms with E-state index in [9.17, 15) is 27.2 Å². The molecule has 0 unspecified atom stereocenters. The molecule has 0 bridgehead atoms. The Morgan fingerprint density at radius 3 is 2.46 bits per heavy atom. The number of nitrogens with zero attached hydrogens (tertiary/aromatic N) is 1. The van der Waals surface area contributed by atoms with Gasteiger partial charge >= 0.3 is 5.97 Å². The molecule has 0 radical (unpaired) electrons. The van der Waals surface area contributed by atoms with Crippen molar-refractivity contribution in [3.05, 3.63) is 58.9 Å². The fourth-order valence-corrected chi connectivity index (χ4v) is 4.61. The van der Waals surface area contributed by atoms with Crippen LogP contribution in [0.4, 0.5) is 4.39 Å². The fraction of sp³-hybridized carbons (Fsp3) is 0.320. The zero-order valence-electron chi connectivity index (χ0n) is 20.2. The highest BCUT2D eigenvalue weighted by Crippen LogP contribution is 2.45. The Bertz CT molecular complexity index is 1420. The number of nitrogens with one attached hydrogen (secondary N) is 2. The predicted molar refractivity (Wildman–Crippen MR) is 133 cm³/mol. The maximum atomic E-state index is 13.5. The summed E-state index contributed by atoms with van der Waals surface area (Å²) in [5, 5.41) is 5.49. The Kier molecular flexibility index (Phi) is 7.89. The Morgan fingerprint density at radius 2 is 1.86 bits per heavy atom. The van der Waals surface area contributed by atoms with Crippen LogP contribution in [0.1, 0.15) is 40.2 Å². The summed E-state index contributed by atoms with van der Waals surface area (Å²) in [5.41, 5.74) is 2.66. The van der Waals surface area contributed by atoms with E-state index in [1.807, 2.05) is 6.07 Å². The first kappa shape index (κ1) is 26.3. The van der Waals surface area contributed by atoms with Gasteiger partial charge in [-0.25, -0.2) is 12.8 Å².